The minimum atomic E-state index is -1.07. The predicted octanol–water partition coefficient (Wildman–Crippen LogP) is 2.54. The summed E-state index contributed by atoms with van der Waals surface area (Å²) in [5.74, 6) is -0.485. The van der Waals surface area contributed by atoms with E-state index in [1.165, 1.54) is 6.07 Å². The van der Waals surface area contributed by atoms with E-state index in [0.717, 1.165) is 5.56 Å². The molecule has 0 amide bonds. The molecule has 20 heavy (non-hydrogen) atoms. The van der Waals surface area contributed by atoms with Crippen molar-refractivity contribution in [3.8, 4) is 11.8 Å². The molecule has 1 heterocycles. The first-order chi connectivity index (χ1) is 9.60. The van der Waals surface area contributed by atoms with Crippen LogP contribution in [0.1, 0.15) is 27.3 Å². The molecule has 0 spiro atoms. The molecule has 0 aliphatic rings. The quantitative estimate of drug-likeness (QED) is 0.921. The van der Waals surface area contributed by atoms with Gasteiger partial charge in [-0.1, -0.05) is 12.1 Å². The van der Waals surface area contributed by atoms with Crippen LogP contribution in [0.25, 0.3) is 0 Å². The van der Waals surface area contributed by atoms with Gasteiger partial charge in [-0.05, 0) is 36.8 Å². The number of rotatable bonds is 4. The Labute approximate surface area is 116 Å². The summed E-state index contributed by atoms with van der Waals surface area (Å²) in [5, 5.41) is 17.7. The summed E-state index contributed by atoms with van der Waals surface area (Å²) < 4.78 is 5.59. The van der Waals surface area contributed by atoms with Crippen molar-refractivity contribution in [1.82, 2.24) is 4.98 Å². The molecule has 0 fully saturated rings. The normalized spacial score (nSPS) is 9.80. The lowest BCUT2D eigenvalue weighted by atomic mass is 10.1. The second-order valence-corrected chi connectivity index (χ2v) is 4.20. The Balaban J connectivity index is 2.15. The Morgan fingerprint density at radius 2 is 2.20 bits per heavy atom. The monoisotopic (exact) mass is 268 g/mol. The average molecular weight is 268 g/mol. The van der Waals surface area contributed by atoms with Gasteiger partial charge in [-0.15, -0.1) is 0 Å². The maximum atomic E-state index is 10.8. The van der Waals surface area contributed by atoms with E-state index in [1.54, 1.807) is 30.3 Å². The SMILES string of the molecule is Cc1ccc(C#N)cc1OCc1cccc(C(=O)O)n1. The van der Waals surface area contributed by atoms with Gasteiger partial charge >= 0.3 is 5.97 Å². The van der Waals surface area contributed by atoms with Crippen molar-refractivity contribution in [2.24, 2.45) is 0 Å². The zero-order valence-corrected chi connectivity index (χ0v) is 10.8. The standard InChI is InChI=1S/C15H12N2O3/c1-10-5-6-11(8-16)7-14(10)20-9-12-3-2-4-13(17-12)15(18)19/h2-7H,9H2,1H3,(H,18,19). The van der Waals surface area contributed by atoms with Crippen LogP contribution in [0, 0.1) is 18.3 Å². The van der Waals surface area contributed by atoms with E-state index in [1.807, 2.05) is 13.0 Å². The van der Waals surface area contributed by atoms with Gasteiger partial charge in [0.1, 0.15) is 18.1 Å². The topological polar surface area (TPSA) is 83.2 Å². The minimum absolute atomic E-state index is 0.0198. The van der Waals surface area contributed by atoms with Gasteiger partial charge in [0.25, 0.3) is 0 Å². The van der Waals surface area contributed by atoms with Gasteiger partial charge < -0.3 is 9.84 Å². The highest BCUT2D eigenvalue weighted by Crippen LogP contribution is 2.20. The molecule has 0 bridgehead atoms. The number of nitriles is 1. The zero-order valence-electron chi connectivity index (χ0n) is 10.8. The first-order valence-corrected chi connectivity index (χ1v) is 5.93. The number of hydrogen-bond donors (Lipinski definition) is 1. The lowest BCUT2D eigenvalue weighted by molar-refractivity contribution is 0.0690. The number of hydrogen-bond acceptors (Lipinski definition) is 4. The second-order valence-electron chi connectivity index (χ2n) is 4.20. The smallest absolute Gasteiger partial charge is 0.354 e. The Morgan fingerprint density at radius 1 is 1.40 bits per heavy atom. The van der Waals surface area contributed by atoms with Crippen LogP contribution in [0.5, 0.6) is 5.75 Å². The molecule has 0 aliphatic carbocycles. The van der Waals surface area contributed by atoms with E-state index in [2.05, 4.69) is 4.98 Å². The second kappa shape index (κ2) is 5.85. The third-order valence-corrected chi connectivity index (χ3v) is 2.72. The fourth-order valence-electron chi connectivity index (χ4n) is 1.66. The highest BCUT2D eigenvalue weighted by Gasteiger charge is 2.07. The molecule has 0 saturated carbocycles. The van der Waals surface area contributed by atoms with Gasteiger partial charge in [0.2, 0.25) is 0 Å². The third-order valence-electron chi connectivity index (χ3n) is 2.72. The van der Waals surface area contributed by atoms with Crippen LogP contribution in [-0.2, 0) is 6.61 Å². The van der Waals surface area contributed by atoms with Gasteiger partial charge in [-0.25, -0.2) is 9.78 Å². The highest BCUT2D eigenvalue weighted by molar-refractivity contribution is 5.85. The molecule has 2 rings (SSSR count). The molecule has 5 nitrogen and oxygen atoms in total. The van der Waals surface area contributed by atoms with E-state index >= 15 is 0 Å². The molecule has 5 heteroatoms. The van der Waals surface area contributed by atoms with Crippen LogP contribution < -0.4 is 4.74 Å². The Bertz CT molecular complexity index is 690. The molecule has 1 aromatic carbocycles. The van der Waals surface area contributed by atoms with Crippen molar-refractivity contribution < 1.29 is 14.6 Å². The van der Waals surface area contributed by atoms with Crippen LogP contribution in [0.3, 0.4) is 0 Å². The lowest BCUT2D eigenvalue weighted by Gasteiger charge is -2.09. The predicted molar refractivity (Wildman–Crippen MR) is 71.4 cm³/mol. The molecule has 0 unspecified atom stereocenters. The summed E-state index contributed by atoms with van der Waals surface area (Å²) in [6.07, 6.45) is 0. The largest absolute Gasteiger partial charge is 0.487 e. The number of carboxylic acids is 1. The number of pyridine rings is 1. The van der Waals surface area contributed by atoms with E-state index in [9.17, 15) is 4.79 Å². The molecule has 100 valence electrons. The van der Waals surface area contributed by atoms with E-state index in [4.69, 9.17) is 15.1 Å². The van der Waals surface area contributed by atoms with Crippen LogP contribution in [0.15, 0.2) is 36.4 Å². The average Bonchev–Trinajstić information content (AvgIpc) is 2.46. The van der Waals surface area contributed by atoms with E-state index in [0.29, 0.717) is 17.0 Å². The molecule has 0 atom stereocenters. The molecule has 2 aromatic rings. The highest BCUT2D eigenvalue weighted by atomic mass is 16.5. The fourth-order valence-corrected chi connectivity index (χ4v) is 1.66. The Morgan fingerprint density at radius 3 is 2.90 bits per heavy atom. The van der Waals surface area contributed by atoms with Crippen molar-refractivity contribution in [3.05, 3.63) is 58.9 Å². The summed E-state index contributed by atoms with van der Waals surface area (Å²) in [6.45, 7) is 2.02. The van der Waals surface area contributed by atoms with Crippen LogP contribution >= 0.6 is 0 Å². The number of aromatic carboxylic acids is 1. The summed E-state index contributed by atoms with van der Waals surface area (Å²) in [6, 6.07) is 11.9. The minimum Gasteiger partial charge on any atom is -0.487 e. The van der Waals surface area contributed by atoms with Crippen molar-refractivity contribution >= 4 is 5.97 Å². The number of aryl methyl sites for hydroxylation is 1. The van der Waals surface area contributed by atoms with Crippen molar-refractivity contribution in [3.63, 3.8) is 0 Å². The maximum Gasteiger partial charge on any atom is 0.354 e. The number of carbonyl (C=O) groups is 1. The molecular weight excluding hydrogens is 256 g/mol. The van der Waals surface area contributed by atoms with Crippen molar-refractivity contribution in [2.45, 2.75) is 13.5 Å². The molecule has 1 N–H and O–H groups in total. The van der Waals surface area contributed by atoms with Crippen LogP contribution in [0.2, 0.25) is 0 Å². The molecule has 0 radical (unpaired) electrons. The number of benzene rings is 1. The molecule has 0 aliphatic heterocycles. The van der Waals surface area contributed by atoms with E-state index in [-0.39, 0.29) is 12.3 Å². The number of aromatic nitrogens is 1. The van der Waals surface area contributed by atoms with Crippen molar-refractivity contribution in [2.75, 3.05) is 0 Å². The first kappa shape index (κ1) is 13.6. The summed E-state index contributed by atoms with van der Waals surface area (Å²) in [4.78, 5) is 14.8. The van der Waals surface area contributed by atoms with Crippen LogP contribution in [0.4, 0.5) is 0 Å². The van der Waals surface area contributed by atoms with E-state index < -0.39 is 5.97 Å². The van der Waals surface area contributed by atoms with Crippen LogP contribution in [-0.4, -0.2) is 16.1 Å². The Hall–Kier alpha value is -2.87. The van der Waals surface area contributed by atoms with Gasteiger partial charge in [0, 0.05) is 0 Å². The third kappa shape index (κ3) is 3.12. The van der Waals surface area contributed by atoms with Crippen molar-refractivity contribution in [1.29, 1.82) is 5.26 Å². The van der Waals surface area contributed by atoms with Gasteiger partial charge in [0.05, 0.1) is 17.3 Å². The number of ether oxygens (including phenoxy) is 1. The molecule has 1 aromatic heterocycles. The summed E-state index contributed by atoms with van der Waals surface area (Å²) in [7, 11) is 0. The van der Waals surface area contributed by atoms with Gasteiger partial charge in [0.15, 0.2) is 0 Å². The number of carboxylic acid groups (broad SMARTS) is 1. The first-order valence-electron chi connectivity index (χ1n) is 5.93. The summed E-state index contributed by atoms with van der Waals surface area (Å²) in [5.41, 5.74) is 1.91. The lowest BCUT2D eigenvalue weighted by Crippen LogP contribution is -2.05. The van der Waals surface area contributed by atoms with Gasteiger partial charge in [-0.2, -0.15) is 5.26 Å². The zero-order chi connectivity index (χ0) is 14.5. The molecule has 0 saturated heterocycles. The molecular formula is C15H12N2O3. The van der Waals surface area contributed by atoms with Gasteiger partial charge in [-0.3, -0.25) is 0 Å². The Kier molecular flexibility index (Phi) is 3.96. The fraction of sp³-hybridized carbons (Fsp3) is 0.133. The summed E-state index contributed by atoms with van der Waals surface area (Å²) >= 11 is 0. The number of nitrogens with zero attached hydrogens (tertiary/aromatic N) is 2. The maximum absolute atomic E-state index is 10.8.